The van der Waals surface area contributed by atoms with E-state index in [0.717, 1.165) is 12.1 Å². The highest BCUT2D eigenvalue weighted by Crippen LogP contribution is 2.42. The van der Waals surface area contributed by atoms with Gasteiger partial charge in [0.1, 0.15) is 12.4 Å². The molecule has 0 saturated carbocycles. The number of halogens is 4. The Kier molecular flexibility index (Phi) is 9.63. The van der Waals surface area contributed by atoms with E-state index in [9.17, 15) is 32.6 Å². The number of likely N-dealkylation sites (tertiary alicyclic amines) is 1. The summed E-state index contributed by atoms with van der Waals surface area (Å²) in [5.74, 6) is -4.23. The van der Waals surface area contributed by atoms with Gasteiger partial charge < -0.3 is 19.8 Å². The van der Waals surface area contributed by atoms with Gasteiger partial charge in [0.25, 0.3) is 0 Å². The summed E-state index contributed by atoms with van der Waals surface area (Å²) in [6.07, 6.45) is 3.29. The van der Waals surface area contributed by atoms with Crippen LogP contribution in [0.25, 0.3) is 10.9 Å². The summed E-state index contributed by atoms with van der Waals surface area (Å²) in [5, 5.41) is 21.5. The Bertz CT molecular complexity index is 1320. The Balaban J connectivity index is 1.40. The number of methoxy groups -OCH3 is 1. The number of aliphatic hydroxyl groups is 1. The topological polar surface area (TPSA) is 82.9 Å². The van der Waals surface area contributed by atoms with E-state index < -0.39 is 41.6 Å². The number of carbonyl (C=O) groups is 1. The minimum atomic E-state index is -1.47. The molecule has 3 aromatic rings. The highest BCUT2D eigenvalue weighted by Gasteiger charge is 2.37. The summed E-state index contributed by atoms with van der Waals surface area (Å²) >= 11 is 0. The summed E-state index contributed by atoms with van der Waals surface area (Å²) < 4.78 is 59.4. The van der Waals surface area contributed by atoms with Gasteiger partial charge in [-0.2, -0.15) is 0 Å². The molecule has 40 heavy (non-hydrogen) atoms. The molecule has 0 bridgehead atoms. The number of benzene rings is 2. The molecule has 0 unspecified atom stereocenters. The molecule has 1 aliphatic rings. The molecular formula is C30H34F4N2O4. The second-order valence-corrected chi connectivity index (χ2v) is 10.7. The summed E-state index contributed by atoms with van der Waals surface area (Å²) in [6, 6.07) is 7.23. The van der Waals surface area contributed by atoms with Crippen LogP contribution >= 0.6 is 0 Å². The summed E-state index contributed by atoms with van der Waals surface area (Å²) in [5.41, 5.74) is 1.20. The maximum atomic E-state index is 13.9. The number of alkyl halides is 1. The number of ether oxygens (including phenoxy) is 1. The van der Waals surface area contributed by atoms with Gasteiger partial charge in [-0.15, -0.1) is 0 Å². The van der Waals surface area contributed by atoms with Crippen LogP contribution in [0.3, 0.4) is 0 Å². The molecule has 2 heterocycles. The van der Waals surface area contributed by atoms with Crippen molar-refractivity contribution in [2.24, 2.45) is 5.41 Å². The molecule has 0 spiro atoms. The summed E-state index contributed by atoms with van der Waals surface area (Å²) in [7, 11) is 1.52. The van der Waals surface area contributed by atoms with E-state index in [4.69, 9.17) is 4.74 Å². The minimum Gasteiger partial charge on any atom is -0.497 e. The number of fused-ring (bicyclic) bond motifs is 1. The molecular weight excluding hydrogens is 528 g/mol. The molecule has 1 fully saturated rings. The van der Waals surface area contributed by atoms with Gasteiger partial charge in [0, 0.05) is 17.1 Å². The molecule has 0 aliphatic carbocycles. The van der Waals surface area contributed by atoms with Crippen molar-refractivity contribution in [1.82, 2.24) is 9.88 Å². The quantitative estimate of drug-likeness (QED) is 0.204. The number of aryl methyl sites for hydroxylation is 1. The standard InChI is InChI=1S/C30H34F4N2O4/c1-40-21-4-5-25-22(15-21)28(20(17-31)18-35-25)26(37)6-7-30(16-27(38)39)8-11-36(12-9-30)10-2-3-19-13-23(32)29(34)24(33)14-19/h4-5,13-15,18,26,37H,2-3,6-12,16-17H2,1H3,(H,38,39)/t26-/m1/s1. The lowest BCUT2D eigenvalue weighted by Crippen LogP contribution is -2.41. The van der Waals surface area contributed by atoms with Gasteiger partial charge in [-0.25, -0.2) is 17.6 Å². The van der Waals surface area contributed by atoms with Crippen molar-refractivity contribution in [3.05, 3.63) is 70.7 Å². The third kappa shape index (κ3) is 6.90. The van der Waals surface area contributed by atoms with Crippen molar-refractivity contribution in [2.75, 3.05) is 26.7 Å². The number of aromatic nitrogens is 1. The summed E-state index contributed by atoms with van der Waals surface area (Å²) in [4.78, 5) is 18.3. The number of piperidine rings is 1. The maximum Gasteiger partial charge on any atom is 0.303 e. The highest BCUT2D eigenvalue weighted by molar-refractivity contribution is 5.85. The Morgan fingerprint density at radius 1 is 1.15 bits per heavy atom. The predicted octanol–water partition coefficient (Wildman–Crippen LogP) is 6.13. The van der Waals surface area contributed by atoms with Crippen LogP contribution in [0.2, 0.25) is 0 Å². The first-order valence-corrected chi connectivity index (χ1v) is 13.4. The van der Waals surface area contributed by atoms with Crippen LogP contribution in [0.15, 0.2) is 36.5 Å². The summed E-state index contributed by atoms with van der Waals surface area (Å²) in [6.45, 7) is 1.14. The van der Waals surface area contributed by atoms with Crippen molar-refractivity contribution >= 4 is 16.9 Å². The largest absolute Gasteiger partial charge is 0.497 e. The van der Waals surface area contributed by atoms with Crippen LogP contribution in [0.1, 0.15) is 61.3 Å². The number of nitrogens with zero attached hydrogens (tertiary/aromatic N) is 2. The first kappa shape index (κ1) is 29.7. The van der Waals surface area contributed by atoms with Gasteiger partial charge in [-0.05, 0) is 105 Å². The van der Waals surface area contributed by atoms with Crippen LogP contribution in [-0.2, 0) is 17.9 Å². The number of hydrogen-bond donors (Lipinski definition) is 2. The molecule has 4 rings (SSSR count). The highest BCUT2D eigenvalue weighted by atomic mass is 19.2. The van der Waals surface area contributed by atoms with Crippen molar-refractivity contribution in [2.45, 2.75) is 57.7 Å². The first-order valence-electron chi connectivity index (χ1n) is 13.4. The van der Waals surface area contributed by atoms with E-state index in [1.807, 2.05) is 0 Å². The van der Waals surface area contributed by atoms with E-state index >= 15 is 0 Å². The van der Waals surface area contributed by atoms with Crippen LogP contribution in [0.5, 0.6) is 5.75 Å². The molecule has 216 valence electrons. The number of carboxylic acid groups (broad SMARTS) is 1. The molecule has 0 amide bonds. The average molecular weight is 563 g/mol. The number of rotatable bonds is 12. The fourth-order valence-electron chi connectivity index (χ4n) is 5.79. The molecule has 1 aromatic heterocycles. The molecule has 1 atom stereocenters. The molecule has 1 aliphatic heterocycles. The zero-order valence-corrected chi connectivity index (χ0v) is 22.4. The van der Waals surface area contributed by atoms with Gasteiger partial charge >= 0.3 is 5.97 Å². The fourth-order valence-corrected chi connectivity index (χ4v) is 5.79. The van der Waals surface area contributed by atoms with Crippen LogP contribution in [0.4, 0.5) is 17.6 Å². The third-order valence-electron chi connectivity index (χ3n) is 8.05. The van der Waals surface area contributed by atoms with E-state index in [0.29, 0.717) is 79.5 Å². The van der Waals surface area contributed by atoms with Gasteiger partial charge in [-0.3, -0.25) is 9.78 Å². The number of aliphatic carboxylic acids is 1. The SMILES string of the molecule is COc1ccc2ncc(CF)c([C@H](O)CCC3(CC(=O)O)CCN(CCCc4cc(F)c(F)c(F)c4)CC3)c2c1. The zero-order valence-electron chi connectivity index (χ0n) is 22.4. The Labute approximate surface area is 230 Å². The number of hydrogen-bond acceptors (Lipinski definition) is 5. The Hall–Kier alpha value is -3.24. The number of aliphatic hydroxyl groups excluding tert-OH is 1. The zero-order chi connectivity index (χ0) is 28.9. The molecule has 2 N–H and O–H groups in total. The van der Waals surface area contributed by atoms with E-state index in [-0.39, 0.29) is 18.4 Å². The van der Waals surface area contributed by atoms with Gasteiger partial charge in [0.15, 0.2) is 17.5 Å². The molecule has 0 radical (unpaired) electrons. The number of pyridine rings is 1. The second kappa shape index (κ2) is 13.0. The van der Waals surface area contributed by atoms with Crippen LogP contribution in [0, 0.1) is 22.9 Å². The van der Waals surface area contributed by atoms with Crippen molar-refractivity contribution < 1.29 is 37.3 Å². The van der Waals surface area contributed by atoms with E-state index in [2.05, 4.69) is 9.88 Å². The van der Waals surface area contributed by atoms with Crippen LogP contribution < -0.4 is 4.74 Å². The van der Waals surface area contributed by atoms with Crippen LogP contribution in [-0.4, -0.2) is 52.8 Å². The molecule has 10 heteroatoms. The lowest BCUT2D eigenvalue weighted by Gasteiger charge is -2.41. The average Bonchev–Trinajstić information content (AvgIpc) is 2.94. The molecule has 2 aromatic carbocycles. The second-order valence-electron chi connectivity index (χ2n) is 10.7. The lowest BCUT2D eigenvalue weighted by molar-refractivity contribution is -0.141. The smallest absolute Gasteiger partial charge is 0.303 e. The van der Waals surface area contributed by atoms with Gasteiger partial charge in [-0.1, -0.05) is 0 Å². The lowest BCUT2D eigenvalue weighted by atomic mass is 9.71. The molecule has 6 nitrogen and oxygen atoms in total. The third-order valence-corrected chi connectivity index (χ3v) is 8.05. The van der Waals surface area contributed by atoms with Crippen molar-refractivity contribution in [1.29, 1.82) is 0 Å². The Morgan fingerprint density at radius 2 is 1.85 bits per heavy atom. The predicted molar refractivity (Wildman–Crippen MR) is 142 cm³/mol. The monoisotopic (exact) mass is 562 g/mol. The molecule has 1 saturated heterocycles. The normalized spacial score (nSPS) is 16.2. The van der Waals surface area contributed by atoms with E-state index in [1.54, 1.807) is 18.2 Å². The fraction of sp³-hybridized carbons (Fsp3) is 0.467. The van der Waals surface area contributed by atoms with Gasteiger partial charge in [0.2, 0.25) is 0 Å². The Morgan fingerprint density at radius 3 is 2.48 bits per heavy atom. The number of carboxylic acids is 1. The maximum absolute atomic E-state index is 13.9. The van der Waals surface area contributed by atoms with Crippen molar-refractivity contribution in [3.8, 4) is 5.75 Å². The van der Waals surface area contributed by atoms with Crippen molar-refractivity contribution in [3.63, 3.8) is 0 Å². The minimum absolute atomic E-state index is 0.0391. The van der Waals surface area contributed by atoms with E-state index in [1.165, 1.54) is 13.3 Å². The first-order chi connectivity index (χ1) is 19.1. The van der Waals surface area contributed by atoms with Gasteiger partial charge in [0.05, 0.1) is 25.2 Å².